The van der Waals surface area contributed by atoms with Crippen LogP contribution < -0.4 is 0 Å². The van der Waals surface area contributed by atoms with Crippen molar-refractivity contribution in [1.82, 2.24) is 0 Å². The maximum atomic E-state index is 9.61. The molecule has 2 aliphatic heterocycles. The molecule has 1 N–H and O–H groups in total. The third-order valence-corrected chi connectivity index (χ3v) is 2.83. The lowest BCUT2D eigenvalue weighted by Gasteiger charge is -2.30. The Morgan fingerprint density at radius 2 is 2.25 bits per heavy atom. The molecule has 2 aliphatic rings. The Balaban J connectivity index is 2.15. The van der Waals surface area contributed by atoms with E-state index in [0.29, 0.717) is 0 Å². The molecule has 2 heterocycles. The van der Waals surface area contributed by atoms with Crippen molar-refractivity contribution in [3.8, 4) is 0 Å². The van der Waals surface area contributed by atoms with E-state index in [1.807, 2.05) is 6.92 Å². The van der Waals surface area contributed by atoms with E-state index >= 15 is 0 Å². The lowest BCUT2D eigenvalue weighted by atomic mass is 9.99. The average Bonchev–Trinajstić information content (AvgIpc) is 2.34. The fourth-order valence-electron chi connectivity index (χ4n) is 2.11. The Hall–Kier alpha value is -0.120. The quantitative estimate of drug-likeness (QED) is 0.642. The number of fused-ring (bicyclic) bond motifs is 2. The summed E-state index contributed by atoms with van der Waals surface area (Å²) in [5.74, 6) is -0.412. The second-order valence-electron chi connectivity index (χ2n) is 3.89. The second kappa shape index (κ2) is 2.69. The summed E-state index contributed by atoms with van der Waals surface area (Å²) in [6.07, 6.45) is 2.20. The topological polar surface area (TPSA) is 38.7 Å². The summed E-state index contributed by atoms with van der Waals surface area (Å²) in [7, 11) is 0. The standard InChI is InChI=1S/C9H16O3/c1-3-7-8-6(10)4-5-9(2,11-7)12-8/h6-8,10H,3-5H2,1-2H3/t6?,7-,8-,9+/m1/s1. The van der Waals surface area contributed by atoms with Gasteiger partial charge < -0.3 is 14.6 Å². The molecule has 0 aliphatic carbocycles. The summed E-state index contributed by atoms with van der Waals surface area (Å²) >= 11 is 0. The fraction of sp³-hybridized carbons (Fsp3) is 1.00. The van der Waals surface area contributed by atoms with E-state index in [-0.39, 0.29) is 18.3 Å². The zero-order valence-electron chi connectivity index (χ0n) is 7.62. The Morgan fingerprint density at radius 1 is 1.50 bits per heavy atom. The van der Waals surface area contributed by atoms with Gasteiger partial charge in [-0.3, -0.25) is 0 Å². The highest BCUT2D eigenvalue weighted by Gasteiger charge is 2.50. The van der Waals surface area contributed by atoms with E-state index in [0.717, 1.165) is 19.3 Å². The van der Waals surface area contributed by atoms with Crippen LogP contribution in [0.1, 0.15) is 33.1 Å². The molecule has 2 fully saturated rings. The van der Waals surface area contributed by atoms with Crippen LogP contribution in [0.4, 0.5) is 0 Å². The number of aliphatic hydroxyl groups excluding tert-OH is 1. The number of hydrogen-bond donors (Lipinski definition) is 1. The summed E-state index contributed by atoms with van der Waals surface area (Å²) in [4.78, 5) is 0. The molecule has 0 spiro atoms. The molecule has 0 aromatic rings. The summed E-state index contributed by atoms with van der Waals surface area (Å²) in [6.45, 7) is 4.02. The highest BCUT2D eigenvalue weighted by molar-refractivity contribution is 4.92. The molecule has 0 amide bonds. The molecule has 0 saturated carbocycles. The van der Waals surface area contributed by atoms with Gasteiger partial charge in [-0.25, -0.2) is 0 Å². The smallest absolute Gasteiger partial charge is 0.166 e. The zero-order chi connectivity index (χ0) is 8.77. The number of rotatable bonds is 1. The van der Waals surface area contributed by atoms with Crippen molar-refractivity contribution in [2.75, 3.05) is 0 Å². The van der Waals surface area contributed by atoms with Crippen LogP contribution in [-0.4, -0.2) is 29.2 Å². The molecule has 0 aromatic heterocycles. The first-order valence-electron chi connectivity index (χ1n) is 4.68. The largest absolute Gasteiger partial charge is 0.390 e. The molecule has 70 valence electrons. The van der Waals surface area contributed by atoms with Crippen molar-refractivity contribution in [3.63, 3.8) is 0 Å². The molecule has 3 heteroatoms. The van der Waals surface area contributed by atoms with Gasteiger partial charge >= 0.3 is 0 Å². The van der Waals surface area contributed by atoms with Crippen LogP contribution in [0.25, 0.3) is 0 Å². The molecule has 3 nitrogen and oxygen atoms in total. The zero-order valence-corrected chi connectivity index (χ0v) is 7.62. The number of aliphatic hydroxyl groups is 1. The van der Waals surface area contributed by atoms with Crippen molar-refractivity contribution < 1.29 is 14.6 Å². The summed E-state index contributed by atoms with van der Waals surface area (Å²) in [5.41, 5.74) is 0. The Morgan fingerprint density at radius 3 is 2.92 bits per heavy atom. The lowest BCUT2D eigenvalue weighted by molar-refractivity contribution is -0.197. The normalized spacial score (nSPS) is 52.8. The predicted molar refractivity (Wildman–Crippen MR) is 43.7 cm³/mol. The van der Waals surface area contributed by atoms with Gasteiger partial charge in [0.15, 0.2) is 5.79 Å². The minimum atomic E-state index is -0.412. The van der Waals surface area contributed by atoms with Crippen LogP contribution in [0.15, 0.2) is 0 Å². The van der Waals surface area contributed by atoms with Gasteiger partial charge in [-0.2, -0.15) is 0 Å². The number of ether oxygens (including phenoxy) is 2. The Kier molecular flexibility index (Phi) is 1.90. The number of hydrogen-bond acceptors (Lipinski definition) is 3. The highest BCUT2D eigenvalue weighted by Crippen LogP contribution is 2.40. The van der Waals surface area contributed by atoms with E-state index in [4.69, 9.17) is 9.47 Å². The van der Waals surface area contributed by atoms with Crippen molar-refractivity contribution in [2.24, 2.45) is 0 Å². The fourth-order valence-corrected chi connectivity index (χ4v) is 2.11. The van der Waals surface area contributed by atoms with Gasteiger partial charge in [0, 0.05) is 6.42 Å². The average molecular weight is 172 g/mol. The van der Waals surface area contributed by atoms with Crippen molar-refractivity contribution in [2.45, 2.75) is 57.2 Å². The molecule has 1 unspecified atom stereocenters. The SMILES string of the molecule is CC[C@H]1O[C@]2(C)CCC(O)[C@H]1O2. The third kappa shape index (κ3) is 1.16. The minimum Gasteiger partial charge on any atom is -0.390 e. The summed E-state index contributed by atoms with van der Waals surface area (Å²) in [5, 5.41) is 9.61. The molecule has 4 atom stereocenters. The third-order valence-electron chi connectivity index (χ3n) is 2.83. The van der Waals surface area contributed by atoms with E-state index in [1.54, 1.807) is 0 Å². The second-order valence-corrected chi connectivity index (χ2v) is 3.89. The van der Waals surface area contributed by atoms with Crippen LogP contribution >= 0.6 is 0 Å². The van der Waals surface area contributed by atoms with Gasteiger partial charge in [0.05, 0.1) is 12.2 Å². The minimum absolute atomic E-state index is 0.0891. The lowest BCUT2D eigenvalue weighted by Crippen LogP contribution is -2.40. The van der Waals surface area contributed by atoms with Gasteiger partial charge in [0.25, 0.3) is 0 Å². The van der Waals surface area contributed by atoms with Crippen molar-refractivity contribution >= 4 is 0 Å². The van der Waals surface area contributed by atoms with E-state index in [1.165, 1.54) is 0 Å². The monoisotopic (exact) mass is 172 g/mol. The van der Waals surface area contributed by atoms with Gasteiger partial charge in [-0.1, -0.05) is 6.92 Å². The molecule has 2 rings (SSSR count). The van der Waals surface area contributed by atoms with Crippen molar-refractivity contribution in [1.29, 1.82) is 0 Å². The highest BCUT2D eigenvalue weighted by atomic mass is 16.8. The molecule has 2 bridgehead atoms. The van der Waals surface area contributed by atoms with Gasteiger partial charge in [0.1, 0.15) is 6.10 Å². The molecule has 0 aromatic carbocycles. The van der Waals surface area contributed by atoms with E-state index < -0.39 is 5.79 Å². The first-order chi connectivity index (χ1) is 5.64. The first kappa shape index (κ1) is 8.48. The summed E-state index contributed by atoms with van der Waals surface area (Å²) < 4.78 is 11.3. The van der Waals surface area contributed by atoms with Crippen molar-refractivity contribution in [3.05, 3.63) is 0 Å². The predicted octanol–water partition coefficient (Wildman–Crippen LogP) is 1.05. The van der Waals surface area contributed by atoms with Gasteiger partial charge in [0.2, 0.25) is 0 Å². The molecule has 2 saturated heterocycles. The first-order valence-corrected chi connectivity index (χ1v) is 4.68. The maximum Gasteiger partial charge on any atom is 0.166 e. The van der Waals surface area contributed by atoms with Crippen LogP contribution in [0.3, 0.4) is 0 Å². The molecule has 12 heavy (non-hydrogen) atoms. The van der Waals surface area contributed by atoms with Crippen LogP contribution in [0, 0.1) is 0 Å². The van der Waals surface area contributed by atoms with E-state index in [9.17, 15) is 5.11 Å². The van der Waals surface area contributed by atoms with Gasteiger partial charge in [-0.15, -0.1) is 0 Å². The van der Waals surface area contributed by atoms with Gasteiger partial charge in [-0.05, 0) is 19.8 Å². The maximum absolute atomic E-state index is 9.61. The Labute approximate surface area is 72.7 Å². The van der Waals surface area contributed by atoms with Crippen LogP contribution in [0.2, 0.25) is 0 Å². The molecular weight excluding hydrogens is 156 g/mol. The summed E-state index contributed by atoms with van der Waals surface area (Å²) in [6, 6.07) is 0. The van der Waals surface area contributed by atoms with Crippen LogP contribution in [-0.2, 0) is 9.47 Å². The Bertz CT molecular complexity index is 179. The van der Waals surface area contributed by atoms with Crippen LogP contribution in [0.5, 0.6) is 0 Å². The molecular formula is C9H16O3. The van der Waals surface area contributed by atoms with E-state index in [2.05, 4.69) is 6.92 Å². The molecule has 0 radical (unpaired) electrons.